The van der Waals surface area contributed by atoms with Crippen LogP contribution in [0.4, 0.5) is 17.6 Å². The molecule has 134 valence electrons. The number of halogens is 7. The van der Waals surface area contributed by atoms with Gasteiger partial charge in [0.1, 0.15) is 25.3 Å². The van der Waals surface area contributed by atoms with Crippen LogP contribution in [0, 0.1) is 18.2 Å². The van der Waals surface area contributed by atoms with Crippen molar-refractivity contribution in [3.05, 3.63) is 38.8 Å². The van der Waals surface area contributed by atoms with Crippen LogP contribution in [0.1, 0.15) is 5.69 Å². The lowest BCUT2D eigenvalue weighted by atomic mass is 10.1. The SMILES string of the molecule is C#CCOc1cc(-c2c(Cl)c(C(F)(F)F)n(OC)c2Cl)c(F)cc1Cl. The summed E-state index contributed by atoms with van der Waals surface area (Å²) in [7, 11) is 0.959. The molecule has 0 spiro atoms. The van der Waals surface area contributed by atoms with Crippen LogP contribution < -0.4 is 9.57 Å². The highest BCUT2D eigenvalue weighted by atomic mass is 35.5. The van der Waals surface area contributed by atoms with Crippen LogP contribution >= 0.6 is 34.8 Å². The van der Waals surface area contributed by atoms with Crippen molar-refractivity contribution in [2.24, 2.45) is 0 Å². The van der Waals surface area contributed by atoms with E-state index in [2.05, 4.69) is 10.8 Å². The number of benzene rings is 1. The predicted octanol–water partition coefficient (Wildman–Crippen LogP) is 5.34. The van der Waals surface area contributed by atoms with Gasteiger partial charge in [-0.15, -0.1) is 6.42 Å². The molecule has 0 aliphatic rings. The van der Waals surface area contributed by atoms with Crippen molar-refractivity contribution in [1.29, 1.82) is 0 Å². The molecule has 1 aromatic carbocycles. The molecule has 0 N–H and O–H groups in total. The molecule has 1 heterocycles. The maximum atomic E-state index is 14.3. The van der Waals surface area contributed by atoms with Gasteiger partial charge in [-0.25, -0.2) is 4.39 Å². The van der Waals surface area contributed by atoms with Gasteiger partial charge in [0.25, 0.3) is 0 Å². The fourth-order valence-electron chi connectivity index (χ4n) is 2.09. The molecule has 0 fully saturated rings. The number of nitrogens with zero attached hydrogens (tertiary/aromatic N) is 1. The third-order valence-electron chi connectivity index (χ3n) is 3.07. The third kappa shape index (κ3) is 3.61. The molecule has 0 bridgehead atoms. The van der Waals surface area contributed by atoms with E-state index < -0.39 is 33.4 Å². The zero-order chi connectivity index (χ0) is 18.9. The van der Waals surface area contributed by atoms with Crippen LogP contribution in [-0.4, -0.2) is 18.4 Å². The molecular formula is C15H8Cl3F4NO2. The van der Waals surface area contributed by atoms with Crippen LogP contribution in [-0.2, 0) is 6.18 Å². The molecule has 3 nitrogen and oxygen atoms in total. The van der Waals surface area contributed by atoms with Crippen LogP contribution in [0.3, 0.4) is 0 Å². The number of hydrogen-bond donors (Lipinski definition) is 0. The van der Waals surface area contributed by atoms with E-state index in [0.29, 0.717) is 0 Å². The summed E-state index contributed by atoms with van der Waals surface area (Å²) in [6, 6.07) is 1.91. The minimum absolute atomic E-state index is 0.0399. The Morgan fingerprint density at radius 2 is 1.88 bits per heavy atom. The average Bonchev–Trinajstić information content (AvgIpc) is 2.77. The van der Waals surface area contributed by atoms with E-state index in [-0.39, 0.29) is 27.7 Å². The number of terminal acetylenes is 1. The van der Waals surface area contributed by atoms with E-state index in [1.165, 1.54) is 0 Å². The molecule has 0 aliphatic heterocycles. The Morgan fingerprint density at radius 3 is 2.36 bits per heavy atom. The zero-order valence-corrected chi connectivity index (χ0v) is 14.6. The third-order valence-corrected chi connectivity index (χ3v) is 4.07. The fourth-order valence-corrected chi connectivity index (χ4v) is 3.07. The standard InChI is InChI=1S/C15H8Cl3F4NO2/c1-3-4-25-10-5-7(9(19)6-8(10)16)11-12(17)13(15(20,21)22)23(24-2)14(11)18/h1,5-6H,4H2,2H3. The Balaban J connectivity index is 2.75. The fraction of sp³-hybridized carbons (Fsp3) is 0.200. The molecular weight excluding hydrogens is 409 g/mol. The van der Waals surface area contributed by atoms with E-state index in [1.54, 1.807) is 0 Å². The van der Waals surface area contributed by atoms with Crippen LogP contribution in [0.2, 0.25) is 15.2 Å². The summed E-state index contributed by atoms with van der Waals surface area (Å²) in [4.78, 5) is 4.62. The summed E-state index contributed by atoms with van der Waals surface area (Å²) in [6.07, 6.45) is 0.175. The molecule has 0 aliphatic carbocycles. The second kappa shape index (κ2) is 7.24. The Labute approximate surface area is 154 Å². The number of hydrogen-bond acceptors (Lipinski definition) is 2. The van der Waals surface area contributed by atoms with Gasteiger partial charge < -0.3 is 9.57 Å². The normalized spacial score (nSPS) is 11.3. The summed E-state index contributed by atoms with van der Waals surface area (Å²) in [5.74, 6) is 1.19. The maximum Gasteiger partial charge on any atom is 0.436 e. The highest BCUT2D eigenvalue weighted by Gasteiger charge is 2.42. The molecule has 25 heavy (non-hydrogen) atoms. The first-order valence-electron chi connectivity index (χ1n) is 6.40. The monoisotopic (exact) mass is 415 g/mol. The molecule has 10 heteroatoms. The molecule has 1 aromatic heterocycles. The van der Waals surface area contributed by atoms with Crippen molar-refractivity contribution in [2.45, 2.75) is 6.18 Å². The van der Waals surface area contributed by atoms with Gasteiger partial charge in [0.15, 0.2) is 10.8 Å². The first-order chi connectivity index (χ1) is 11.6. The number of rotatable bonds is 4. The summed E-state index contributed by atoms with van der Waals surface area (Å²) in [5, 5.41) is -1.52. The van der Waals surface area contributed by atoms with Gasteiger partial charge in [-0.05, 0) is 12.1 Å². The zero-order valence-electron chi connectivity index (χ0n) is 12.3. The second-order valence-corrected chi connectivity index (χ2v) is 5.70. The highest BCUT2D eigenvalue weighted by molar-refractivity contribution is 6.40. The molecule has 0 atom stereocenters. The quantitative estimate of drug-likeness (QED) is 0.496. The number of aromatic nitrogens is 1. The first kappa shape index (κ1) is 19.6. The van der Waals surface area contributed by atoms with Gasteiger partial charge in [-0.3, -0.25) is 0 Å². The molecule has 0 radical (unpaired) electrons. The van der Waals surface area contributed by atoms with Crippen LogP contribution in [0.25, 0.3) is 11.1 Å². The Hall–Kier alpha value is -1.75. The van der Waals surface area contributed by atoms with E-state index >= 15 is 0 Å². The minimum atomic E-state index is -4.89. The van der Waals surface area contributed by atoms with Crippen molar-refractivity contribution in [3.63, 3.8) is 0 Å². The van der Waals surface area contributed by atoms with Gasteiger partial charge >= 0.3 is 6.18 Å². The van der Waals surface area contributed by atoms with Gasteiger partial charge in [0.05, 0.1) is 10.0 Å². The topological polar surface area (TPSA) is 23.4 Å². The molecule has 2 rings (SSSR count). The van der Waals surface area contributed by atoms with E-state index in [4.69, 9.17) is 46.0 Å². The molecule has 0 saturated heterocycles. The predicted molar refractivity (Wildman–Crippen MR) is 86.7 cm³/mol. The molecule has 0 saturated carbocycles. The lowest BCUT2D eigenvalue weighted by molar-refractivity contribution is -0.150. The Kier molecular flexibility index (Phi) is 5.67. The number of alkyl halides is 3. The van der Waals surface area contributed by atoms with Gasteiger partial charge in [0.2, 0.25) is 0 Å². The van der Waals surface area contributed by atoms with E-state index in [1.807, 2.05) is 0 Å². The largest absolute Gasteiger partial charge is 0.479 e. The van der Waals surface area contributed by atoms with E-state index in [0.717, 1.165) is 19.2 Å². The summed E-state index contributed by atoms with van der Waals surface area (Å²) >= 11 is 17.6. The summed E-state index contributed by atoms with van der Waals surface area (Å²) in [5.41, 5.74) is -2.15. The van der Waals surface area contributed by atoms with Crippen molar-refractivity contribution in [3.8, 4) is 29.2 Å². The van der Waals surface area contributed by atoms with Gasteiger partial charge in [-0.1, -0.05) is 40.7 Å². The Bertz CT molecular complexity index is 856. The number of ether oxygens (including phenoxy) is 1. The van der Waals surface area contributed by atoms with E-state index in [9.17, 15) is 17.6 Å². The van der Waals surface area contributed by atoms with Crippen molar-refractivity contribution in [1.82, 2.24) is 4.73 Å². The summed E-state index contributed by atoms with van der Waals surface area (Å²) < 4.78 is 59.3. The maximum absolute atomic E-state index is 14.3. The lowest BCUT2D eigenvalue weighted by Gasteiger charge is -2.10. The minimum Gasteiger partial charge on any atom is -0.479 e. The Morgan fingerprint density at radius 1 is 1.24 bits per heavy atom. The molecule has 2 aromatic rings. The average molecular weight is 417 g/mol. The molecule has 0 unspecified atom stereocenters. The lowest BCUT2D eigenvalue weighted by Crippen LogP contribution is -2.18. The van der Waals surface area contributed by atoms with Gasteiger partial charge in [0, 0.05) is 11.1 Å². The smallest absolute Gasteiger partial charge is 0.436 e. The van der Waals surface area contributed by atoms with Gasteiger partial charge in [-0.2, -0.15) is 17.9 Å². The van der Waals surface area contributed by atoms with Crippen LogP contribution in [0.5, 0.6) is 5.75 Å². The molecule has 0 amide bonds. The van der Waals surface area contributed by atoms with Crippen molar-refractivity contribution >= 4 is 34.8 Å². The summed E-state index contributed by atoms with van der Waals surface area (Å²) in [6.45, 7) is -0.181. The first-order valence-corrected chi connectivity index (χ1v) is 7.53. The van der Waals surface area contributed by atoms with Crippen molar-refractivity contribution < 1.29 is 27.1 Å². The van der Waals surface area contributed by atoms with Crippen molar-refractivity contribution in [2.75, 3.05) is 13.7 Å². The second-order valence-electron chi connectivity index (χ2n) is 4.56. The highest BCUT2D eigenvalue weighted by Crippen LogP contribution is 2.47. The van der Waals surface area contributed by atoms with Crippen LogP contribution in [0.15, 0.2) is 12.1 Å².